The van der Waals surface area contributed by atoms with Crippen LogP contribution in [0.3, 0.4) is 0 Å². The van der Waals surface area contributed by atoms with Crippen molar-refractivity contribution in [3.63, 3.8) is 0 Å². The van der Waals surface area contributed by atoms with Crippen LogP contribution < -0.4 is 4.90 Å². The summed E-state index contributed by atoms with van der Waals surface area (Å²) in [5.41, 5.74) is 3.73. The van der Waals surface area contributed by atoms with E-state index >= 15 is 0 Å². The number of imidazole rings is 1. The highest BCUT2D eigenvalue weighted by Crippen LogP contribution is 2.36. The molecule has 5 rings (SSSR count). The second kappa shape index (κ2) is 8.80. The predicted octanol–water partition coefficient (Wildman–Crippen LogP) is 6.92. The average molecular weight is 492 g/mol. The molecule has 1 unspecified atom stereocenters. The first-order valence-corrected chi connectivity index (χ1v) is 12.0. The van der Waals surface area contributed by atoms with Crippen LogP contribution in [0, 0.1) is 0 Å². The molecule has 0 radical (unpaired) electrons. The first-order valence-electron chi connectivity index (χ1n) is 12.0. The lowest BCUT2D eigenvalue weighted by molar-refractivity contribution is -0.137. The average Bonchev–Trinajstić information content (AvgIpc) is 3.39. The van der Waals surface area contributed by atoms with E-state index in [1.54, 1.807) is 6.07 Å². The summed E-state index contributed by atoms with van der Waals surface area (Å²) in [6.07, 6.45) is -4.27. The fraction of sp³-hybridized carbons (Fsp3) is 0.310. The van der Waals surface area contributed by atoms with Crippen molar-refractivity contribution in [2.75, 3.05) is 11.4 Å². The third-order valence-electron chi connectivity index (χ3n) is 6.82. The molecule has 1 aromatic heterocycles. The van der Waals surface area contributed by atoms with Gasteiger partial charge >= 0.3 is 6.18 Å². The zero-order valence-corrected chi connectivity index (χ0v) is 20.5. The number of benzene rings is 3. The Morgan fingerprint density at radius 3 is 2.33 bits per heavy atom. The summed E-state index contributed by atoms with van der Waals surface area (Å²) >= 11 is 0. The normalized spacial score (nSPS) is 16.8. The molecule has 2 heterocycles. The van der Waals surface area contributed by atoms with E-state index in [1.165, 1.54) is 16.5 Å². The SMILES string of the molecule is CC(C)(C)c1ccc(Cn2c(C3CC(=O)N(c4cccc(C(F)(F)F)c4)C3)nc3ccccc32)cc1. The van der Waals surface area contributed by atoms with Gasteiger partial charge in [0.2, 0.25) is 5.91 Å². The molecule has 3 aromatic carbocycles. The molecule has 1 atom stereocenters. The standard InChI is InChI=1S/C29H28F3N3O/c1-28(2,3)21-13-11-19(12-14-21)17-35-25-10-5-4-9-24(25)33-27(35)20-15-26(36)34(18-20)23-8-6-7-22(16-23)29(30,31)32/h4-14,16,20H,15,17-18H2,1-3H3. The van der Waals surface area contributed by atoms with Gasteiger partial charge in [-0.1, -0.05) is 63.2 Å². The number of hydrogen-bond acceptors (Lipinski definition) is 2. The van der Waals surface area contributed by atoms with Gasteiger partial charge in [-0.05, 0) is 46.9 Å². The molecule has 1 aliphatic heterocycles. The van der Waals surface area contributed by atoms with E-state index < -0.39 is 11.7 Å². The molecular weight excluding hydrogens is 463 g/mol. The van der Waals surface area contributed by atoms with Crippen molar-refractivity contribution in [3.05, 3.63) is 95.3 Å². The van der Waals surface area contributed by atoms with Gasteiger partial charge in [0.1, 0.15) is 5.82 Å². The molecule has 0 saturated carbocycles. The third-order valence-corrected chi connectivity index (χ3v) is 6.82. The third kappa shape index (κ3) is 4.62. The quantitative estimate of drug-likeness (QED) is 0.311. The van der Waals surface area contributed by atoms with E-state index in [4.69, 9.17) is 4.98 Å². The summed E-state index contributed by atoms with van der Waals surface area (Å²) in [5.74, 6) is 0.347. The molecule has 0 bridgehead atoms. The molecule has 0 spiro atoms. The van der Waals surface area contributed by atoms with Gasteiger partial charge in [-0.25, -0.2) is 4.98 Å². The number of rotatable bonds is 4. The first-order chi connectivity index (χ1) is 17.0. The van der Waals surface area contributed by atoms with Crippen LogP contribution in [0.25, 0.3) is 11.0 Å². The maximum atomic E-state index is 13.2. The summed E-state index contributed by atoms with van der Waals surface area (Å²) < 4.78 is 41.9. The fourth-order valence-corrected chi connectivity index (χ4v) is 4.84. The molecule has 1 fully saturated rings. The fourth-order valence-electron chi connectivity index (χ4n) is 4.84. The summed E-state index contributed by atoms with van der Waals surface area (Å²) in [6, 6.07) is 21.3. The minimum absolute atomic E-state index is 0.0580. The number of carbonyl (C=O) groups excluding carboxylic acids is 1. The maximum Gasteiger partial charge on any atom is 0.416 e. The number of hydrogen-bond donors (Lipinski definition) is 0. The van der Waals surface area contributed by atoms with E-state index in [9.17, 15) is 18.0 Å². The van der Waals surface area contributed by atoms with Crippen LogP contribution in [0.4, 0.5) is 18.9 Å². The Balaban J connectivity index is 1.48. The summed E-state index contributed by atoms with van der Waals surface area (Å²) in [7, 11) is 0. The smallest absolute Gasteiger partial charge is 0.323 e. The van der Waals surface area contributed by atoms with Crippen LogP contribution in [0.1, 0.15) is 55.6 Å². The van der Waals surface area contributed by atoms with Gasteiger partial charge in [0.05, 0.1) is 16.6 Å². The number of alkyl halides is 3. The van der Waals surface area contributed by atoms with Gasteiger partial charge in [0, 0.05) is 31.1 Å². The molecule has 1 amide bonds. The molecule has 7 heteroatoms. The number of fused-ring (bicyclic) bond motifs is 1. The number of amides is 1. The lowest BCUT2D eigenvalue weighted by atomic mass is 9.87. The van der Waals surface area contributed by atoms with Crippen LogP contribution in [0.15, 0.2) is 72.8 Å². The second-order valence-electron chi connectivity index (χ2n) is 10.4. The number of nitrogens with zero attached hydrogens (tertiary/aromatic N) is 3. The Morgan fingerprint density at radius 2 is 1.64 bits per heavy atom. The Bertz CT molecular complexity index is 1410. The summed E-state index contributed by atoms with van der Waals surface area (Å²) in [4.78, 5) is 19.3. The van der Waals surface area contributed by atoms with Crippen molar-refractivity contribution < 1.29 is 18.0 Å². The van der Waals surface area contributed by atoms with Crippen molar-refractivity contribution in [2.45, 2.75) is 51.2 Å². The largest absolute Gasteiger partial charge is 0.416 e. The summed E-state index contributed by atoms with van der Waals surface area (Å²) in [6.45, 7) is 7.41. The highest BCUT2D eigenvalue weighted by molar-refractivity contribution is 5.96. The zero-order chi connectivity index (χ0) is 25.7. The highest BCUT2D eigenvalue weighted by Gasteiger charge is 2.36. The van der Waals surface area contributed by atoms with Crippen LogP contribution in [0.2, 0.25) is 0 Å². The number of aromatic nitrogens is 2. The number of halogens is 3. The Hall–Kier alpha value is -3.61. The monoisotopic (exact) mass is 491 g/mol. The van der Waals surface area contributed by atoms with Crippen molar-refractivity contribution >= 4 is 22.6 Å². The second-order valence-corrected chi connectivity index (χ2v) is 10.4. The molecule has 4 nitrogen and oxygen atoms in total. The molecule has 1 saturated heterocycles. The van der Waals surface area contributed by atoms with Crippen molar-refractivity contribution in [1.29, 1.82) is 0 Å². The Labute approximate surface area is 208 Å². The number of carbonyl (C=O) groups is 1. The van der Waals surface area contributed by atoms with Crippen LogP contribution in [-0.2, 0) is 22.9 Å². The number of anilines is 1. The van der Waals surface area contributed by atoms with Gasteiger partial charge in [-0.15, -0.1) is 0 Å². The molecular formula is C29H28F3N3O. The van der Waals surface area contributed by atoms with Gasteiger partial charge in [-0.2, -0.15) is 13.2 Å². The van der Waals surface area contributed by atoms with E-state index in [0.717, 1.165) is 34.6 Å². The van der Waals surface area contributed by atoms with E-state index in [-0.39, 0.29) is 35.9 Å². The van der Waals surface area contributed by atoms with Crippen molar-refractivity contribution in [2.24, 2.45) is 0 Å². The Kier molecular flexibility index (Phi) is 5.89. The highest BCUT2D eigenvalue weighted by atomic mass is 19.4. The van der Waals surface area contributed by atoms with Gasteiger partial charge in [0.15, 0.2) is 0 Å². The van der Waals surface area contributed by atoms with Crippen LogP contribution in [-0.4, -0.2) is 22.0 Å². The van der Waals surface area contributed by atoms with Gasteiger partial charge in [-0.3, -0.25) is 4.79 Å². The van der Waals surface area contributed by atoms with Crippen molar-refractivity contribution in [3.8, 4) is 0 Å². The minimum atomic E-state index is -4.46. The molecule has 36 heavy (non-hydrogen) atoms. The minimum Gasteiger partial charge on any atom is -0.323 e. The van der Waals surface area contributed by atoms with E-state index in [2.05, 4.69) is 49.6 Å². The first kappa shape index (κ1) is 24.1. The van der Waals surface area contributed by atoms with Gasteiger partial charge < -0.3 is 9.47 Å². The van der Waals surface area contributed by atoms with E-state index in [1.807, 2.05) is 24.3 Å². The topological polar surface area (TPSA) is 38.1 Å². The van der Waals surface area contributed by atoms with E-state index in [0.29, 0.717) is 6.54 Å². The van der Waals surface area contributed by atoms with Gasteiger partial charge in [0.25, 0.3) is 0 Å². The number of para-hydroxylation sites is 2. The zero-order valence-electron chi connectivity index (χ0n) is 20.5. The molecule has 186 valence electrons. The lowest BCUT2D eigenvalue weighted by Gasteiger charge is -2.20. The molecule has 0 aliphatic carbocycles. The van der Waals surface area contributed by atoms with Crippen LogP contribution in [0.5, 0.6) is 0 Å². The predicted molar refractivity (Wildman–Crippen MR) is 135 cm³/mol. The van der Waals surface area contributed by atoms with Crippen LogP contribution >= 0.6 is 0 Å². The Morgan fingerprint density at radius 1 is 0.917 bits per heavy atom. The molecule has 1 aliphatic rings. The molecule has 4 aromatic rings. The van der Waals surface area contributed by atoms with Crippen molar-refractivity contribution in [1.82, 2.24) is 9.55 Å². The maximum absolute atomic E-state index is 13.2. The summed E-state index contributed by atoms with van der Waals surface area (Å²) in [5, 5.41) is 0. The lowest BCUT2D eigenvalue weighted by Crippen LogP contribution is -2.25. The molecule has 0 N–H and O–H groups in total.